The number of nitrogens with zero attached hydrogens (tertiary/aromatic N) is 1. The van der Waals surface area contributed by atoms with Gasteiger partial charge in [-0.3, -0.25) is 9.78 Å². The Bertz CT molecular complexity index is 617. The van der Waals surface area contributed by atoms with Crippen LogP contribution in [0.5, 0.6) is 11.5 Å². The average molecular weight is 314 g/mol. The Balaban J connectivity index is 1.93. The molecule has 0 saturated heterocycles. The monoisotopic (exact) mass is 314 g/mol. The maximum absolute atomic E-state index is 12.1. The van der Waals surface area contributed by atoms with E-state index in [-0.39, 0.29) is 5.91 Å². The summed E-state index contributed by atoms with van der Waals surface area (Å²) in [6.45, 7) is 4.43. The number of ether oxygens (including phenoxy) is 2. The van der Waals surface area contributed by atoms with Crippen LogP contribution in [-0.2, 0) is 9.53 Å². The normalized spacial score (nSPS) is 11.7. The number of rotatable bonds is 8. The third-order valence-corrected chi connectivity index (χ3v) is 3.22. The van der Waals surface area contributed by atoms with Crippen LogP contribution in [0.3, 0.4) is 0 Å². The van der Waals surface area contributed by atoms with Gasteiger partial charge in [-0.15, -0.1) is 0 Å². The molecule has 5 nitrogen and oxygen atoms in total. The van der Waals surface area contributed by atoms with Gasteiger partial charge in [0, 0.05) is 30.8 Å². The van der Waals surface area contributed by atoms with Gasteiger partial charge in [-0.05, 0) is 37.6 Å². The lowest BCUT2D eigenvalue weighted by Crippen LogP contribution is -2.28. The van der Waals surface area contributed by atoms with Gasteiger partial charge in [-0.25, -0.2) is 0 Å². The molecule has 1 N–H and O–H groups in total. The standard InChI is InChI=1S/C18H22N2O3/c1-3-4-12-22-14(2)18(21)20-15-6-5-7-17(13-15)23-16-8-10-19-11-9-16/h5-11,13-14H,3-4,12H2,1-2H3,(H,20,21). The van der Waals surface area contributed by atoms with Gasteiger partial charge in [-0.2, -0.15) is 0 Å². The number of carbonyl (C=O) groups excluding carboxylic acids is 1. The van der Waals surface area contributed by atoms with Gasteiger partial charge < -0.3 is 14.8 Å². The van der Waals surface area contributed by atoms with E-state index in [2.05, 4.69) is 17.2 Å². The number of carbonyl (C=O) groups is 1. The molecule has 0 bridgehead atoms. The highest BCUT2D eigenvalue weighted by atomic mass is 16.5. The van der Waals surface area contributed by atoms with Gasteiger partial charge >= 0.3 is 0 Å². The maximum Gasteiger partial charge on any atom is 0.253 e. The summed E-state index contributed by atoms with van der Waals surface area (Å²) in [6.07, 6.45) is 4.84. The topological polar surface area (TPSA) is 60.5 Å². The lowest BCUT2D eigenvalue weighted by Gasteiger charge is -2.14. The number of nitrogens with one attached hydrogen (secondary N) is 1. The number of anilines is 1. The first kappa shape index (κ1) is 17.0. The van der Waals surface area contributed by atoms with Gasteiger partial charge in [0.2, 0.25) is 0 Å². The van der Waals surface area contributed by atoms with Crippen LogP contribution in [0, 0.1) is 0 Å². The maximum atomic E-state index is 12.1. The van der Waals surface area contributed by atoms with E-state index in [1.165, 1.54) is 0 Å². The molecule has 1 aromatic carbocycles. The summed E-state index contributed by atoms with van der Waals surface area (Å²) in [7, 11) is 0. The van der Waals surface area contributed by atoms with Crippen molar-refractivity contribution < 1.29 is 14.3 Å². The quantitative estimate of drug-likeness (QED) is 0.748. The lowest BCUT2D eigenvalue weighted by atomic mass is 10.2. The second-order valence-corrected chi connectivity index (χ2v) is 5.17. The molecule has 1 amide bonds. The van der Waals surface area contributed by atoms with Crippen molar-refractivity contribution in [3.63, 3.8) is 0 Å². The van der Waals surface area contributed by atoms with Gasteiger partial charge in [0.1, 0.15) is 17.6 Å². The van der Waals surface area contributed by atoms with Crippen molar-refractivity contribution in [3.8, 4) is 11.5 Å². The van der Waals surface area contributed by atoms with E-state index < -0.39 is 6.10 Å². The van der Waals surface area contributed by atoms with Crippen molar-refractivity contribution >= 4 is 11.6 Å². The predicted octanol–water partition coefficient (Wildman–Crippen LogP) is 4.02. The summed E-state index contributed by atoms with van der Waals surface area (Å²) in [5.41, 5.74) is 0.674. The van der Waals surface area contributed by atoms with Crippen molar-refractivity contribution in [2.45, 2.75) is 32.8 Å². The van der Waals surface area contributed by atoms with Crippen LogP contribution in [0.15, 0.2) is 48.8 Å². The van der Waals surface area contributed by atoms with Gasteiger partial charge in [0.05, 0.1) is 0 Å². The van der Waals surface area contributed by atoms with Crippen LogP contribution >= 0.6 is 0 Å². The van der Waals surface area contributed by atoms with E-state index >= 15 is 0 Å². The molecule has 0 aliphatic heterocycles. The molecule has 1 aromatic heterocycles. The number of pyridine rings is 1. The Morgan fingerprint density at radius 3 is 2.74 bits per heavy atom. The van der Waals surface area contributed by atoms with Crippen LogP contribution < -0.4 is 10.1 Å². The first-order valence-electron chi connectivity index (χ1n) is 7.79. The molecule has 0 saturated carbocycles. The molecule has 1 heterocycles. The SMILES string of the molecule is CCCCOC(C)C(=O)Nc1cccc(Oc2ccncc2)c1. The highest BCUT2D eigenvalue weighted by molar-refractivity contribution is 5.94. The lowest BCUT2D eigenvalue weighted by molar-refractivity contribution is -0.126. The smallest absolute Gasteiger partial charge is 0.253 e. The minimum absolute atomic E-state index is 0.165. The molecule has 0 fully saturated rings. The summed E-state index contributed by atoms with van der Waals surface area (Å²) >= 11 is 0. The van der Waals surface area contributed by atoms with Crippen molar-refractivity contribution in [1.29, 1.82) is 0 Å². The molecule has 5 heteroatoms. The zero-order chi connectivity index (χ0) is 16.5. The molecule has 122 valence electrons. The summed E-state index contributed by atoms with van der Waals surface area (Å²) < 4.78 is 11.2. The third-order valence-electron chi connectivity index (χ3n) is 3.22. The van der Waals surface area contributed by atoms with Gasteiger partial charge in [0.15, 0.2) is 0 Å². The highest BCUT2D eigenvalue weighted by Gasteiger charge is 2.13. The molecule has 0 aliphatic carbocycles. The van der Waals surface area contributed by atoms with Crippen LogP contribution in [0.4, 0.5) is 5.69 Å². The fraction of sp³-hybridized carbons (Fsp3) is 0.333. The van der Waals surface area contributed by atoms with Crippen LogP contribution in [0.25, 0.3) is 0 Å². The van der Waals surface area contributed by atoms with Crippen molar-refractivity contribution in [1.82, 2.24) is 4.98 Å². The molecule has 0 aliphatic rings. The fourth-order valence-electron chi connectivity index (χ4n) is 1.90. The Morgan fingerprint density at radius 1 is 1.22 bits per heavy atom. The molecule has 0 radical (unpaired) electrons. The second-order valence-electron chi connectivity index (χ2n) is 5.17. The third kappa shape index (κ3) is 5.71. The first-order chi connectivity index (χ1) is 11.2. The average Bonchev–Trinajstić information content (AvgIpc) is 2.56. The molecule has 1 atom stereocenters. The zero-order valence-electron chi connectivity index (χ0n) is 13.5. The Kier molecular flexibility index (Phi) is 6.56. The van der Waals surface area contributed by atoms with Crippen LogP contribution in [0.1, 0.15) is 26.7 Å². The van der Waals surface area contributed by atoms with Crippen LogP contribution in [0.2, 0.25) is 0 Å². The van der Waals surface area contributed by atoms with Gasteiger partial charge in [-0.1, -0.05) is 19.4 Å². The number of benzene rings is 1. The molecule has 2 aromatic rings. The van der Waals surface area contributed by atoms with Crippen molar-refractivity contribution in [2.24, 2.45) is 0 Å². The van der Waals surface area contributed by atoms with E-state index in [9.17, 15) is 4.79 Å². The summed E-state index contributed by atoms with van der Waals surface area (Å²) in [5, 5.41) is 2.84. The molecule has 1 unspecified atom stereocenters. The molecule has 2 rings (SSSR count). The summed E-state index contributed by atoms with van der Waals surface area (Å²) in [4.78, 5) is 16.0. The van der Waals surface area contributed by atoms with E-state index in [1.807, 2.05) is 18.2 Å². The Labute approximate surface area is 136 Å². The molecular weight excluding hydrogens is 292 g/mol. The minimum atomic E-state index is -0.480. The van der Waals surface area contributed by atoms with Gasteiger partial charge in [0.25, 0.3) is 5.91 Å². The van der Waals surface area contributed by atoms with Crippen molar-refractivity contribution in [2.75, 3.05) is 11.9 Å². The minimum Gasteiger partial charge on any atom is -0.457 e. The van der Waals surface area contributed by atoms with Crippen molar-refractivity contribution in [3.05, 3.63) is 48.8 Å². The number of amides is 1. The second kappa shape index (κ2) is 8.90. The first-order valence-corrected chi connectivity index (χ1v) is 7.79. The van der Waals surface area contributed by atoms with E-state index in [0.717, 1.165) is 12.8 Å². The molecular formula is C18H22N2O3. The number of hydrogen-bond donors (Lipinski definition) is 1. The molecule has 0 spiro atoms. The number of aromatic nitrogens is 1. The van der Waals surface area contributed by atoms with Crippen LogP contribution in [-0.4, -0.2) is 23.6 Å². The number of unbranched alkanes of at least 4 members (excludes halogenated alkanes) is 1. The Hall–Kier alpha value is -2.40. The van der Waals surface area contributed by atoms with E-state index in [4.69, 9.17) is 9.47 Å². The van der Waals surface area contributed by atoms with E-state index in [0.29, 0.717) is 23.8 Å². The zero-order valence-corrected chi connectivity index (χ0v) is 13.5. The summed E-state index contributed by atoms with van der Waals surface area (Å²) in [6, 6.07) is 10.8. The van der Waals surface area contributed by atoms with E-state index in [1.54, 1.807) is 37.5 Å². The molecule has 23 heavy (non-hydrogen) atoms. The summed E-state index contributed by atoms with van der Waals surface area (Å²) in [5.74, 6) is 1.18. The Morgan fingerprint density at radius 2 is 2.00 bits per heavy atom. The predicted molar refractivity (Wildman–Crippen MR) is 89.7 cm³/mol. The highest BCUT2D eigenvalue weighted by Crippen LogP contribution is 2.23. The fourth-order valence-corrected chi connectivity index (χ4v) is 1.90. The number of hydrogen-bond acceptors (Lipinski definition) is 4. The largest absolute Gasteiger partial charge is 0.457 e.